The van der Waals surface area contributed by atoms with Gasteiger partial charge in [0.15, 0.2) is 5.16 Å². The number of rotatable bonds is 9. The third-order valence-electron chi connectivity index (χ3n) is 4.29. The number of nitrogens with zero attached hydrogens (tertiary/aromatic N) is 3. The van der Waals surface area contributed by atoms with Gasteiger partial charge < -0.3 is 15.2 Å². The fraction of sp³-hybridized carbons (Fsp3) is 0.182. The Labute approximate surface area is 192 Å². The molecule has 1 heterocycles. The van der Waals surface area contributed by atoms with Gasteiger partial charge in [0.25, 0.3) is 0 Å². The second-order valence-electron chi connectivity index (χ2n) is 6.80. The predicted molar refractivity (Wildman–Crippen MR) is 120 cm³/mol. The molecule has 0 aliphatic rings. The number of hydrogen-bond acceptors (Lipinski definition) is 5. The molecule has 0 unspecified atom stereocenters. The summed E-state index contributed by atoms with van der Waals surface area (Å²) in [6.45, 7) is 3.97. The molecule has 0 aliphatic carbocycles. The van der Waals surface area contributed by atoms with Gasteiger partial charge in [-0.1, -0.05) is 42.1 Å². The SMILES string of the molecule is C=CCn1c(CC(=O)Nc2cccc(C(F)(F)F)c2)nnc1SCC(=O)Nc1ccccc1. The number of allylic oxidation sites excluding steroid dienone is 1. The van der Waals surface area contributed by atoms with Crippen LogP contribution in [0.2, 0.25) is 0 Å². The maximum Gasteiger partial charge on any atom is 0.416 e. The first-order chi connectivity index (χ1) is 15.8. The molecule has 2 N–H and O–H groups in total. The third kappa shape index (κ3) is 6.94. The summed E-state index contributed by atoms with van der Waals surface area (Å²) in [5, 5.41) is 13.7. The number of aromatic nitrogens is 3. The van der Waals surface area contributed by atoms with Crippen molar-refractivity contribution in [2.75, 3.05) is 16.4 Å². The predicted octanol–water partition coefficient (Wildman–Crippen LogP) is 4.39. The zero-order chi connectivity index (χ0) is 23.8. The Hall–Kier alpha value is -3.60. The summed E-state index contributed by atoms with van der Waals surface area (Å²) in [6.07, 6.45) is -3.14. The summed E-state index contributed by atoms with van der Waals surface area (Å²) in [5.41, 5.74) is -0.165. The Balaban J connectivity index is 1.63. The smallest absolute Gasteiger partial charge is 0.326 e. The van der Waals surface area contributed by atoms with Crippen LogP contribution in [0.4, 0.5) is 24.5 Å². The van der Waals surface area contributed by atoms with Crippen molar-refractivity contribution in [1.29, 1.82) is 0 Å². The molecule has 33 heavy (non-hydrogen) atoms. The highest BCUT2D eigenvalue weighted by Crippen LogP contribution is 2.30. The molecular weight excluding hydrogens is 455 g/mol. The van der Waals surface area contributed by atoms with Crippen molar-refractivity contribution in [2.45, 2.75) is 24.3 Å². The number of benzene rings is 2. The summed E-state index contributed by atoms with van der Waals surface area (Å²) in [6, 6.07) is 13.4. The Kier molecular flexibility index (Phi) is 7.88. The average molecular weight is 475 g/mol. The van der Waals surface area contributed by atoms with Crippen LogP contribution in [0.15, 0.2) is 72.4 Å². The maximum atomic E-state index is 12.9. The molecule has 11 heteroatoms. The van der Waals surface area contributed by atoms with Crippen molar-refractivity contribution in [3.8, 4) is 0 Å². The van der Waals surface area contributed by atoms with Crippen LogP contribution in [0.3, 0.4) is 0 Å². The normalized spacial score (nSPS) is 11.1. The van der Waals surface area contributed by atoms with Gasteiger partial charge in [-0.3, -0.25) is 9.59 Å². The first-order valence-corrected chi connectivity index (χ1v) is 10.7. The van der Waals surface area contributed by atoms with E-state index in [-0.39, 0.29) is 23.8 Å². The molecule has 172 valence electrons. The number of amides is 2. The van der Waals surface area contributed by atoms with Crippen LogP contribution in [0.5, 0.6) is 0 Å². The highest BCUT2D eigenvalue weighted by Gasteiger charge is 2.30. The van der Waals surface area contributed by atoms with Crippen LogP contribution in [0.25, 0.3) is 0 Å². The molecule has 2 aromatic carbocycles. The summed E-state index contributed by atoms with van der Waals surface area (Å²) in [7, 11) is 0. The molecule has 3 rings (SSSR count). The molecule has 0 saturated carbocycles. The summed E-state index contributed by atoms with van der Waals surface area (Å²) in [5.74, 6) is -0.417. The second kappa shape index (κ2) is 10.8. The quantitative estimate of drug-likeness (QED) is 0.354. The standard InChI is InChI=1S/C22H20F3N5O2S/c1-2-11-30-18(13-19(31)27-17-10-6-7-15(12-17)22(23,24)25)28-29-21(30)33-14-20(32)26-16-8-4-3-5-9-16/h2-10,12H,1,11,13-14H2,(H,26,32)(H,27,31). The lowest BCUT2D eigenvalue weighted by Crippen LogP contribution is -2.18. The molecule has 1 aromatic heterocycles. The monoisotopic (exact) mass is 475 g/mol. The van der Waals surface area contributed by atoms with Crippen LogP contribution < -0.4 is 10.6 Å². The van der Waals surface area contributed by atoms with Crippen molar-refractivity contribution in [3.05, 3.63) is 78.6 Å². The van der Waals surface area contributed by atoms with Crippen molar-refractivity contribution in [2.24, 2.45) is 0 Å². The fourth-order valence-corrected chi connectivity index (χ4v) is 3.61. The van der Waals surface area contributed by atoms with Crippen LogP contribution in [0, 0.1) is 0 Å². The van der Waals surface area contributed by atoms with E-state index in [4.69, 9.17) is 0 Å². The average Bonchev–Trinajstić information content (AvgIpc) is 3.14. The number of hydrogen-bond donors (Lipinski definition) is 2. The summed E-state index contributed by atoms with van der Waals surface area (Å²) >= 11 is 1.14. The van der Waals surface area contributed by atoms with Crippen molar-refractivity contribution in [3.63, 3.8) is 0 Å². The third-order valence-corrected chi connectivity index (χ3v) is 5.25. The Bertz CT molecular complexity index is 1130. The number of carbonyl (C=O) groups is 2. The Morgan fingerprint density at radius 3 is 2.39 bits per heavy atom. The van der Waals surface area contributed by atoms with Crippen molar-refractivity contribution >= 4 is 35.0 Å². The Morgan fingerprint density at radius 1 is 1.00 bits per heavy atom. The van der Waals surface area contributed by atoms with E-state index in [2.05, 4.69) is 27.4 Å². The van der Waals surface area contributed by atoms with E-state index in [0.717, 1.165) is 23.9 Å². The van der Waals surface area contributed by atoms with Crippen LogP contribution in [-0.4, -0.2) is 32.3 Å². The molecular formula is C22H20F3N5O2S. The van der Waals surface area contributed by atoms with E-state index in [0.29, 0.717) is 23.2 Å². The van der Waals surface area contributed by atoms with E-state index in [9.17, 15) is 22.8 Å². The van der Waals surface area contributed by atoms with E-state index in [1.54, 1.807) is 34.9 Å². The first kappa shape index (κ1) is 24.1. The molecule has 3 aromatic rings. The minimum Gasteiger partial charge on any atom is -0.326 e. The van der Waals surface area contributed by atoms with Crippen LogP contribution in [0.1, 0.15) is 11.4 Å². The molecule has 0 saturated heterocycles. The van der Waals surface area contributed by atoms with Crippen molar-refractivity contribution in [1.82, 2.24) is 14.8 Å². The van der Waals surface area contributed by atoms with Crippen LogP contribution in [-0.2, 0) is 28.7 Å². The highest BCUT2D eigenvalue weighted by atomic mass is 32.2. The molecule has 0 radical (unpaired) electrons. The van der Waals surface area contributed by atoms with Gasteiger partial charge in [-0.25, -0.2) is 0 Å². The number of alkyl halides is 3. The van der Waals surface area contributed by atoms with E-state index < -0.39 is 17.6 Å². The highest BCUT2D eigenvalue weighted by molar-refractivity contribution is 7.99. The zero-order valence-electron chi connectivity index (χ0n) is 17.3. The van der Waals surface area contributed by atoms with Gasteiger partial charge in [0.2, 0.25) is 11.8 Å². The minimum absolute atomic E-state index is 0.0248. The first-order valence-electron chi connectivity index (χ1n) is 9.74. The van der Waals surface area contributed by atoms with Gasteiger partial charge in [0, 0.05) is 17.9 Å². The largest absolute Gasteiger partial charge is 0.416 e. The van der Waals surface area contributed by atoms with Gasteiger partial charge in [-0.15, -0.1) is 16.8 Å². The minimum atomic E-state index is -4.51. The molecule has 2 amide bonds. The Morgan fingerprint density at radius 2 is 1.70 bits per heavy atom. The lowest BCUT2D eigenvalue weighted by Gasteiger charge is -2.10. The van der Waals surface area contributed by atoms with Gasteiger partial charge in [0.1, 0.15) is 5.82 Å². The fourth-order valence-electron chi connectivity index (χ4n) is 2.84. The molecule has 0 atom stereocenters. The van der Waals surface area contributed by atoms with Crippen molar-refractivity contribution < 1.29 is 22.8 Å². The zero-order valence-corrected chi connectivity index (χ0v) is 18.1. The van der Waals surface area contributed by atoms with Gasteiger partial charge in [-0.2, -0.15) is 13.2 Å². The van der Waals surface area contributed by atoms with Gasteiger partial charge in [0.05, 0.1) is 17.7 Å². The molecule has 0 aliphatic heterocycles. The van der Waals surface area contributed by atoms with E-state index in [1.807, 2.05) is 6.07 Å². The number of para-hydroxylation sites is 1. The van der Waals surface area contributed by atoms with Gasteiger partial charge in [-0.05, 0) is 30.3 Å². The van der Waals surface area contributed by atoms with E-state index >= 15 is 0 Å². The van der Waals surface area contributed by atoms with Gasteiger partial charge >= 0.3 is 6.18 Å². The number of nitrogens with one attached hydrogen (secondary N) is 2. The molecule has 0 bridgehead atoms. The topological polar surface area (TPSA) is 88.9 Å². The molecule has 0 spiro atoms. The van der Waals surface area contributed by atoms with E-state index in [1.165, 1.54) is 12.1 Å². The molecule has 7 nitrogen and oxygen atoms in total. The number of anilines is 2. The second-order valence-corrected chi connectivity index (χ2v) is 7.75. The lowest BCUT2D eigenvalue weighted by atomic mass is 10.2. The molecule has 0 fully saturated rings. The summed E-state index contributed by atoms with van der Waals surface area (Å²) in [4.78, 5) is 24.6. The van der Waals surface area contributed by atoms with Crippen LogP contribution >= 0.6 is 11.8 Å². The number of carbonyl (C=O) groups excluding carboxylic acids is 2. The number of halogens is 3. The number of thioether (sulfide) groups is 1. The summed E-state index contributed by atoms with van der Waals surface area (Å²) < 4.78 is 40.2. The maximum absolute atomic E-state index is 12.9. The lowest BCUT2D eigenvalue weighted by molar-refractivity contribution is -0.137.